The Kier molecular flexibility index (Phi) is 8.86. The van der Waals surface area contributed by atoms with Crippen molar-refractivity contribution in [3.05, 3.63) is 29.3 Å². The van der Waals surface area contributed by atoms with E-state index in [4.69, 9.17) is 14.0 Å². The zero-order valence-corrected chi connectivity index (χ0v) is 15.9. The van der Waals surface area contributed by atoms with Gasteiger partial charge >= 0.3 is 63.3 Å². The summed E-state index contributed by atoms with van der Waals surface area (Å²) in [5.74, 6) is -1.65. The van der Waals surface area contributed by atoms with Crippen molar-refractivity contribution < 1.29 is 84.8 Å². The Labute approximate surface area is 166 Å². The minimum Gasteiger partial charge on any atom is -1.00 e. The fourth-order valence-corrected chi connectivity index (χ4v) is 1.96. The summed E-state index contributed by atoms with van der Waals surface area (Å²) in [6, 6.07) is 2.97. The Morgan fingerprint density at radius 1 is 1.10 bits per heavy atom. The molecule has 1 rings (SSSR count). The van der Waals surface area contributed by atoms with E-state index < -0.39 is 27.0 Å². The number of hydrogen-bond acceptors (Lipinski definition) is 6. The van der Waals surface area contributed by atoms with Crippen LogP contribution in [-0.4, -0.2) is 38.1 Å². The number of carbonyl (C=O) groups excluding carboxylic acids is 2. The zero-order chi connectivity index (χ0) is 15.3. The molecule has 0 radical (unpaired) electrons. The first-order chi connectivity index (χ1) is 9.31. The predicted molar refractivity (Wildman–Crippen MR) is 69.3 cm³/mol. The molecule has 1 aromatic carbocycles. The van der Waals surface area contributed by atoms with E-state index in [9.17, 15) is 18.0 Å². The van der Waals surface area contributed by atoms with Crippen molar-refractivity contribution in [3.63, 3.8) is 0 Å². The smallest absolute Gasteiger partial charge is 1.00 e. The molecule has 112 valence electrons. The van der Waals surface area contributed by atoms with Crippen LogP contribution in [0.25, 0.3) is 0 Å². The standard InChI is InChI=1S/C12H14O7S.K.H/c1-3-18-11(13)9-6-5-8(20(15,16)17)7-10(9)12(14)19-4-2;;/h5-7H,3-4H2,1-2H3,(H,15,16,17);;/q;+1;-1. The molecular weight excluding hydrogens is 327 g/mol. The van der Waals surface area contributed by atoms with Crippen LogP contribution in [0.1, 0.15) is 36.0 Å². The predicted octanol–water partition coefficient (Wildman–Crippen LogP) is -1.60. The second-order valence-electron chi connectivity index (χ2n) is 3.62. The second-order valence-corrected chi connectivity index (χ2v) is 5.04. The Bertz CT molecular complexity index is 630. The van der Waals surface area contributed by atoms with Gasteiger partial charge in [0, 0.05) is 0 Å². The molecule has 0 aliphatic rings. The van der Waals surface area contributed by atoms with Gasteiger partial charge in [-0.05, 0) is 32.0 Å². The van der Waals surface area contributed by atoms with Gasteiger partial charge in [0.15, 0.2) is 0 Å². The van der Waals surface area contributed by atoms with E-state index in [1.165, 1.54) is 0 Å². The van der Waals surface area contributed by atoms with Gasteiger partial charge in [-0.3, -0.25) is 4.55 Å². The number of hydrogen-bond donors (Lipinski definition) is 1. The van der Waals surface area contributed by atoms with Gasteiger partial charge in [-0.2, -0.15) is 8.42 Å². The quantitative estimate of drug-likeness (QED) is 0.390. The molecule has 0 unspecified atom stereocenters. The average Bonchev–Trinajstić information content (AvgIpc) is 2.37. The van der Waals surface area contributed by atoms with E-state index in [2.05, 4.69) is 0 Å². The van der Waals surface area contributed by atoms with Gasteiger partial charge in [0.1, 0.15) is 0 Å². The fraction of sp³-hybridized carbons (Fsp3) is 0.333. The average molecular weight is 342 g/mol. The molecule has 0 spiro atoms. The molecule has 0 aliphatic carbocycles. The molecule has 0 saturated carbocycles. The van der Waals surface area contributed by atoms with Gasteiger partial charge in [0.25, 0.3) is 10.1 Å². The van der Waals surface area contributed by atoms with Crippen molar-refractivity contribution >= 4 is 22.1 Å². The van der Waals surface area contributed by atoms with E-state index in [1.807, 2.05) is 0 Å². The topological polar surface area (TPSA) is 107 Å². The molecule has 0 aromatic heterocycles. The maximum Gasteiger partial charge on any atom is 1.00 e. The van der Waals surface area contributed by atoms with Gasteiger partial charge in [-0.15, -0.1) is 0 Å². The van der Waals surface area contributed by atoms with Crippen molar-refractivity contribution in [1.82, 2.24) is 0 Å². The van der Waals surface area contributed by atoms with Gasteiger partial charge < -0.3 is 10.9 Å². The van der Waals surface area contributed by atoms with E-state index >= 15 is 0 Å². The molecule has 1 aromatic rings. The van der Waals surface area contributed by atoms with Gasteiger partial charge in [0.2, 0.25) is 0 Å². The van der Waals surface area contributed by atoms with Crippen molar-refractivity contribution in [1.29, 1.82) is 0 Å². The molecule has 0 heterocycles. The summed E-state index contributed by atoms with van der Waals surface area (Å²) in [6.07, 6.45) is 0. The first-order valence-corrected chi connectivity index (χ1v) is 7.21. The van der Waals surface area contributed by atoms with Crippen LogP contribution in [0.4, 0.5) is 0 Å². The van der Waals surface area contributed by atoms with E-state index in [-0.39, 0.29) is 77.2 Å². The van der Waals surface area contributed by atoms with Crippen LogP contribution in [-0.2, 0) is 19.6 Å². The van der Waals surface area contributed by atoms with Crippen LogP contribution in [0.15, 0.2) is 23.1 Å². The Hall–Kier alpha value is -0.294. The molecule has 0 aliphatic heterocycles. The van der Waals surface area contributed by atoms with Crippen LogP contribution in [0, 0.1) is 0 Å². The van der Waals surface area contributed by atoms with Crippen LogP contribution < -0.4 is 51.4 Å². The molecule has 0 atom stereocenters. The zero-order valence-electron chi connectivity index (χ0n) is 13.0. The molecular formula is C12H15KO7S. The van der Waals surface area contributed by atoms with Gasteiger partial charge in [0.05, 0.1) is 29.2 Å². The van der Waals surface area contributed by atoms with E-state index in [0.29, 0.717) is 0 Å². The van der Waals surface area contributed by atoms with Crippen LogP contribution in [0.2, 0.25) is 0 Å². The first kappa shape index (κ1) is 20.7. The Morgan fingerprint density at radius 2 is 1.57 bits per heavy atom. The summed E-state index contributed by atoms with van der Waals surface area (Å²) in [7, 11) is -4.49. The molecule has 21 heavy (non-hydrogen) atoms. The van der Waals surface area contributed by atoms with Crippen molar-refractivity contribution in [2.75, 3.05) is 13.2 Å². The summed E-state index contributed by atoms with van der Waals surface area (Å²) in [4.78, 5) is 22.9. The van der Waals surface area contributed by atoms with Crippen molar-refractivity contribution in [3.8, 4) is 0 Å². The molecule has 0 fully saturated rings. The summed E-state index contributed by atoms with van der Waals surface area (Å²) in [6.45, 7) is 3.31. The third-order valence-electron chi connectivity index (χ3n) is 2.28. The SMILES string of the molecule is CCOC(=O)c1ccc(S(=O)(=O)O)cc1C(=O)OCC.[H-].[K+]. The Morgan fingerprint density at radius 3 is 2.00 bits per heavy atom. The molecule has 0 bridgehead atoms. The fourth-order valence-electron chi connectivity index (χ4n) is 1.45. The molecule has 1 N–H and O–H groups in total. The molecule has 0 saturated heterocycles. The number of ether oxygens (including phenoxy) is 2. The molecule has 0 amide bonds. The third-order valence-corrected chi connectivity index (χ3v) is 3.13. The number of carbonyl (C=O) groups is 2. The summed E-state index contributed by atoms with van der Waals surface area (Å²) in [5.41, 5.74) is -0.405. The largest absolute Gasteiger partial charge is 1.00 e. The molecule has 7 nitrogen and oxygen atoms in total. The number of benzene rings is 1. The van der Waals surface area contributed by atoms with Crippen molar-refractivity contribution in [2.45, 2.75) is 18.7 Å². The van der Waals surface area contributed by atoms with Crippen LogP contribution >= 0.6 is 0 Å². The summed E-state index contributed by atoms with van der Waals surface area (Å²) in [5, 5.41) is 0. The van der Waals surface area contributed by atoms with E-state index in [0.717, 1.165) is 18.2 Å². The normalized spacial score (nSPS) is 10.4. The number of esters is 2. The summed E-state index contributed by atoms with van der Waals surface area (Å²) >= 11 is 0. The third kappa shape index (κ3) is 5.78. The maximum atomic E-state index is 11.7. The van der Waals surface area contributed by atoms with E-state index in [1.54, 1.807) is 13.8 Å². The van der Waals surface area contributed by atoms with Crippen LogP contribution in [0.5, 0.6) is 0 Å². The monoisotopic (exact) mass is 342 g/mol. The second kappa shape index (κ2) is 8.98. The van der Waals surface area contributed by atoms with Crippen molar-refractivity contribution in [2.24, 2.45) is 0 Å². The minimum atomic E-state index is -4.49. The molecule has 9 heteroatoms. The van der Waals surface area contributed by atoms with Gasteiger partial charge in [-0.25, -0.2) is 9.59 Å². The number of rotatable bonds is 5. The Balaban J connectivity index is 0. The maximum absolute atomic E-state index is 11.7. The van der Waals surface area contributed by atoms with Gasteiger partial charge in [-0.1, -0.05) is 0 Å². The minimum absolute atomic E-state index is 0. The summed E-state index contributed by atoms with van der Waals surface area (Å²) < 4.78 is 40.6. The first-order valence-electron chi connectivity index (χ1n) is 5.77. The van der Waals surface area contributed by atoms with Crippen LogP contribution in [0.3, 0.4) is 0 Å².